The van der Waals surface area contributed by atoms with E-state index in [9.17, 15) is 0 Å². The molecule has 0 aliphatic heterocycles. The second-order valence-corrected chi connectivity index (χ2v) is 5.85. The number of thiocarbonyl (C=S) groups is 1. The highest BCUT2D eigenvalue weighted by atomic mass is 32.1. The maximum atomic E-state index is 5.42. The van der Waals surface area contributed by atoms with Gasteiger partial charge in [-0.15, -0.1) is 0 Å². The maximum absolute atomic E-state index is 5.42. The summed E-state index contributed by atoms with van der Waals surface area (Å²) in [6, 6.07) is 14.6. The maximum Gasteiger partial charge on any atom is 0.189 e. The van der Waals surface area contributed by atoms with Crippen LogP contribution in [-0.2, 0) is 0 Å². The van der Waals surface area contributed by atoms with E-state index in [0.29, 0.717) is 5.11 Å². The van der Waals surface area contributed by atoms with Gasteiger partial charge in [0.05, 0.1) is 5.69 Å². The largest absolute Gasteiger partial charge is 0.331 e. The number of hydrogen-bond donors (Lipinski definition) is 2. The minimum absolute atomic E-state index is 0.589. The highest BCUT2D eigenvalue weighted by Crippen LogP contribution is 2.15. The van der Waals surface area contributed by atoms with Crippen molar-refractivity contribution in [2.75, 3.05) is 16.9 Å². The number of hydrogen-bond acceptors (Lipinski definition) is 2. The summed E-state index contributed by atoms with van der Waals surface area (Å²) in [4.78, 5) is 0. The lowest BCUT2D eigenvalue weighted by Crippen LogP contribution is -2.44. The van der Waals surface area contributed by atoms with Gasteiger partial charge in [0, 0.05) is 12.2 Å². The van der Waals surface area contributed by atoms with E-state index in [1.165, 1.54) is 16.7 Å². The van der Waals surface area contributed by atoms with Crippen molar-refractivity contribution in [3.63, 3.8) is 0 Å². The van der Waals surface area contributed by atoms with E-state index in [1.54, 1.807) is 0 Å². The van der Waals surface area contributed by atoms with Gasteiger partial charge in [-0.05, 0) is 75.3 Å². The first-order chi connectivity index (χ1) is 10.5. The van der Waals surface area contributed by atoms with Crippen molar-refractivity contribution in [3.05, 3.63) is 59.2 Å². The average molecular weight is 313 g/mol. The van der Waals surface area contributed by atoms with E-state index in [-0.39, 0.29) is 0 Å². The highest BCUT2D eigenvalue weighted by molar-refractivity contribution is 7.80. The average Bonchev–Trinajstić information content (AvgIpc) is 2.49. The van der Waals surface area contributed by atoms with Crippen LogP contribution in [0.5, 0.6) is 0 Å². The van der Waals surface area contributed by atoms with Crippen LogP contribution in [0.2, 0.25) is 0 Å². The zero-order valence-corrected chi connectivity index (χ0v) is 14.4. The number of nitrogens with one attached hydrogen (secondary N) is 2. The summed E-state index contributed by atoms with van der Waals surface area (Å²) in [5, 5.41) is 5.85. The fourth-order valence-corrected chi connectivity index (χ4v) is 2.38. The summed E-state index contributed by atoms with van der Waals surface area (Å²) in [5.41, 5.74) is 9.11. The van der Waals surface area contributed by atoms with E-state index < -0.39 is 0 Å². The molecular weight excluding hydrogens is 290 g/mol. The van der Waals surface area contributed by atoms with Crippen LogP contribution in [0.4, 0.5) is 11.4 Å². The van der Waals surface area contributed by atoms with Gasteiger partial charge in [-0.3, -0.25) is 10.4 Å². The van der Waals surface area contributed by atoms with E-state index in [2.05, 4.69) is 74.8 Å². The molecule has 0 aliphatic carbocycles. The lowest BCUT2D eigenvalue weighted by Gasteiger charge is -2.25. The number of rotatable bonds is 4. The van der Waals surface area contributed by atoms with Crippen molar-refractivity contribution >= 4 is 28.7 Å². The third kappa shape index (κ3) is 4.21. The van der Waals surface area contributed by atoms with Gasteiger partial charge < -0.3 is 5.32 Å². The molecule has 22 heavy (non-hydrogen) atoms. The lowest BCUT2D eigenvalue weighted by molar-refractivity contribution is 0.800. The molecule has 4 heteroatoms. The first-order valence-corrected chi connectivity index (χ1v) is 7.89. The SMILES string of the molecule is CCN(NC(=S)Nc1ccc(C)c(C)c1)c1ccc(C)cc1. The first-order valence-electron chi connectivity index (χ1n) is 7.48. The predicted molar refractivity (Wildman–Crippen MR) is 99.5 cm³/mol. The normalized spacial score (nSPS) is 10.2. The molecular formula is C18H23N3S. The first kappa shape index (κ1) is 16.3. The van der Waals surface area contributed by atoms with Crippen molar-refractivity contribution in [2.24, 2.45) is 0 Å². The molecule has 2 aromatic rings. The molecule has 0 aromatic heterocycles. The Morgan fingerprint density at radius 2 is 1.68 bits per heavy atom. The molecule has 2 aromatic carbocycles. The highest BCUT2D eigenvalue weighted by Gasteiger charge is 2.06. The molecule has 0 saturated heterocycles. The summed E-state index contributed by atoms with van der Waals surface area (Å²) in [7, 11) is 0. The Morgan fingerprint density at radius 1 is 1.00 bits per heavy atom. The van der Waals surface area contributed by atoms with Crippen molar-refractivity contribution in [2.45, 2.75) is 27.7 Å². The standard InChI is InChI=1S/C18H23N3S/c1-5-21(17-10-6-13(2)7-11-17)20-18(22)19-16-9-8-14(3)15(4)12-16/h6-12H,5H2,1-4H3,(H2,19,20,22). The van der Waals surface area contributed by atoms with Gasteiger partial charge in [0.25, 0.3) is 0 Å². The number of benzene rings is 2. The van der Waals surface area contributed by atoms with Crippen molar-refractivity contribution in [1.82, 2.24) is 5.43 Å². The van der Waals surface area contributed by atoms with Gasteiger partial charge in [-0.25, -0.2) is 0 Å². The van der Waals surface area contributed by atoms with Gasteiger partial charge in [0.2, 0.25) is 0 Å². The quantitative estimate of drug-likeness (QED) is 0.648. The Labute approximate surface area is 138 Å². The molecule has 0 heterocycles. The Bertz CT molecular complexity index is 650. The molecule has 0 aliphatic rings. The Balaban J connectivity index is 2.02. The van der Waals surface area contributed by atoms with Crippen LogP contribution in [0.15, 0.2) is 42.5 Å². The Morgan fingerprint density at radius 3 is 2.27 bits per heavy atom. The van der Waals surface area contributed by atoms with Crippen LogP contribution in [0, 0.1) is 20.8 Å². The van der Waals surface area contributed by atoms with Crippen LogP contribution in [0.3, 0.4) is 0 Å². The monoisotopic (exact) mass is 313 g/mol. The second kappa shape index (κ2) is 7.27. The second-order valence-electron chi connectivity index (χ2n) is 5.44. The molecule has 0 atom stereocenters. The molecule has 0 fully saturated rings. The van der Waals surface area contributed by atoms with Crippen molar-refractivity contribution < 1.29 is 0 Å². The topological polar surface area (TPSA) is 27.3 Å². The smallest absolute Gasteiger partial charge is 0.189 e. The molecule has 2 N–H and O–H groups in total. The summed E-state index contributed by atoms with van der Waals surface area (Å²) in [6.07, 6.45) is 0. The van der Waals surface area contributed by atoms with Gasteiger partial charge in [-0.1, -0.05) is 23.8 Å². The minimum Gasteiger partial charge on any atom is -0.331 e. The fourth-order valence-electron chi connectivity index (χ4n) is 2.15. The van der Waals surface area contributed by atoms with E-state index in [1.807, 2.05) is 11.1 Å². The van der Waals surface area contributed by atoms with Gasteiger partial charge in [-0.2, -0.15) is 0 Å². The van der Waals surface area contributed by atoms with Crippen LogP contribution in [0.25, 0.3) is 0 Å². The summed E-state index contributed by atoms with van der Waals surface area (Å²) in [5.74, 6) is 0. The summed E-state index contributed by atoms with van der Waals surface area (Å²) < 4.78 is 0. The number of aryl methyl sites for hydroxylation is 3. The van der Waals surface area contributed by atoms with Gasteiger partial charge >= 0.3 is 0 Å². The molecule has 0 radical (unpaired) electrons. The zero-order valence-electron chi connectivity index (χ0n) is 13.6. The third-order valence-electron chi connectivity index (χ3n) is 3.66. The molecule has 3 nitrogen and oxygen atoms in total. The van der Waals surface area contributed by atoms with E-state index >= 15 is 0 Å². The Kier molecular flexibility index (Phi) is 5.39. The summed E-state index contributed by atoms with van der Waals surface area (Å²) >= 11 is 5.42. The van der Waals surface area contributed by atoms with Gasteiger partial charge in [0.1, 0.15) is 0 Å². The zero-order chi connectivity index (χ0) is 16.1. The molecule has 0 unspecified atom stereocenters. The van der Waals surface area contributed by atoms with Gasteiger partial charge in [0.15, 0.2) is 5.11 Å². The number of hydrazine groups is 1. The van der Waals surface area contributed by atoms with Crippen LogP contribution in [0.1, 0.15) is 23.6 Å². The molecule has 0 spiro atoms. The molecule has 0 bridgehead atoms. The van der Waals surface area contributed by atoms with Crippen LogP contribution >= 0.6 is 12.2 Å². The van der Waals surface area contributed by atoms with Crippen LogP contribution in [-0.4, -0.2) is 11.7 Å². The number of anilines is 2. The lowest BCUT2D eigenvalue weighted by atomic mass is 10.1. The van der Waals surface area contributed by atoms with E-state index in [0.717, 1.165) is 17.9 Å². The molecule has 2 rings (SSSR count). The fraction of sp³-hybridized carbons (Fsp3) is 0.278. The third-order valence-corrected chi connectivity index (χ3v) is 3.86. The molecule has 0 saturated carbocycles. The summed E-state index contributed by atoms with van der Waals surface area (Å²) in [6.45, 7) is 9.19. The van der Waals surface area contributed by atoms with E-state index in [4.69, 9.17) is 12.2 Å². The molecule has 0 amide bonds. The van der Waals surface area contributed by atoms with Crippen molar-refractivity contribution in [1.29, 1.82) is 0 Å². The number of nitrogens with zero attached hydrogens (tertiary/aromatic N) is 1. The predicted octanol–water partition coefficient (Wildman–Crippen LogP) is 4.34. The Hall–Kier alpha value is -2.07. The molecule has 116 valence electrons. The van der Waals surface area contributed by atoms with Crippen molar-refractivity contribution in [3.8, 4) is 0 Å². The minimum atomic E-state index is 0.589. The van der Waals surface area contributed by atoms with Crippen LogP contribution < -0.4 is 15.8 Å².